The molecule has 0 atom stereocenters. The Balaban J connectivity index is 2.06. The lowest BCUT2D eigenvalue weighted by molar-refractivity contribution is 0.404. The molecule has 3 rings (SSSR count). The first kappa shape index (κ1) is 17.8. The third-order valence-electron chi connectivity index (χ3n) is 3.12. The topological polar surface area (TPSA) is 36.7 Å². The molecule has 0 aliphatic carbocycles. The summed E-state index contributed by atoms with van der Waals surface area (Å²) < 4.78 is 55.1. The Morgan fingerprint density at radius 3 is 2.16 bits per heavy atom. The zero-order valence-electron chi connectivity index (χ0n) is 12.0. The van der Waals surface area contributed by atoms with Crippen LogP contribution >= 0.6 is 38.6 Å². The number of nitriles is 1. The van der Waals surface area contributed by atoms with E-state index in [-0.39, 0.29) is 0 Å². The summed E-state index contributed by atoms with van der Waals surface area (Å²) >= 11 is 6.13. The Hall–Kier alpha value is -2.02. The quantitative estimate of drug-likeness (QED) is 0.271. The lowest BCUT2D eigenvalue weighted by atomic mass is 10.1. The van der Waals surface area contributed by atoms with Crippen molar-refractivity contribution < 1.29 is 17.6 Å². The zero-order valence-corrected chi connectivity index (χ0v) is 15.2. The number of hydrogen-bond acceptors (Lipinski definition) is 4. The Kier molecular flexibility index (Phi) is 5.03. The van der Waals surface area contributed by atoms with E-state index >= 15 is 0 Å². The molecule has 25 heavy (non-hydrogen) atoms. The second kappa shape index (κ2) is 7.07. The Bertz CT molecular complexity index is 1010. The number of thiophene rings is 2. The van der Waals surface area contributed by atoms with Crippen LogP contribution in [0, 0.1) is 34.9 Å². The summed E-state index contributed by atoms with van der Waals surface area (Å²) in [5, 5.41) is 9.18. The number of rotatable bonds is 3. The molecule has 0 saturated heterocycles. The summed E-state index contributed by atoms with van der Waals surface area (Å²) in [5.41, 5.74) is -1.60. The van der Waals surface area contributed by atoms with E-state index in [2.05, 4.69) is 20.9 Å². The second-order valence-electron chi connectivity index (χ2n) is 4.67. The first-order valence-corrected chi connectivity index (χ1v) is 9.01. The summed E-state index contributed by atoms with van der Waals surface area (Å²) in [6, 6.07) is 8.78. The SMILES string of the molecule is N#CC(=Cc1ccc(-c2ccc(Br)s2)s1)c1c(F)c(F)nc(F)c1F. The first-order chi connectivity index (χ1) is 11.9. The minimum Gasteiger partial charge on any atom is -0.201 e. The summed E-state index contributed by atoms with van der Waals surface area (Å²) in [5.74, 6) is -7.01. The molecule has 2 nitrogen and oxygen atoms in total. The first-order valence-electron chi connectivity index (χ1n) is 6.58. The standard InChI is InChI=1S/C16H5BrF4N2S2/c17-11-4-3-10(25-11)9-2-1-8(24-9)5-7(6-22)12-13(18)15(20)23-16(21)14(12)19/h1-5H. The monoisotopic (exact) mass is 444 g/mol. The van der Waals surface area contributed by atoms with E-state index in [1.165, 1.54) is 28.7 Å². The van der Waals surface area contributed by atoms with Crippen LogP contribution in [0.3, 0.4) is 0 Å². The van der Waals surface area contributed by atoms with Crippen LogP contribution in [-0.4, -0.2) is 4.98 Å². The molecule has 0 saturated carbocycles. The van der Waals surface area contributed by atoms with Gasteiger partial charge in [-0.15, -0.1) is 22.7 Å². The highest BCUT2D eigenvalue weighted by Gasteiger charge is 2.23. The zero-order chi connectivity index (χ0) is 18.1. The summed E-state index contributed by atoms with van der Waals surface area (Å²) in [6.07, 6.45) is 1.18. The summed E-state index contributed by atoms with van der Waals surface area (Å²) in [4.78, 5) is 4.84. The second-order valence-corrected chi connectivity index (χ2v) is 8.25. The maximum Gasteiger partial charge on any atom is 0.252 e. The van der Waals surface area contributed by atoms with E-state index in [9.17, 15) is 22.8 Å². The van der Waals surface area contributed by atoms with Crippen molar-refractivity contribution in [3.63, 3.8) is 0 Å². The van der Waals surface area contributed by atoms with Crippen LogP contribution in [0.1, 0.15) is 10.4 Å². The highest BCUT2D eigenvalue weighted by Crippen LogP contribution is 2.37. The molecule has 0 unspecified atom stereocenters. The van der Waals surface area contributed by atoms with E-state index in [0.29, 0.717) is 4.88 Å². The van der Waals surface area contributed by atoms with E-state index < -0.39 is 34.7 Å². The largest absolute Gasteiger partial charge is 0.252 e. The van der Waals surface area contributed by atoms with Crippen LogP contribution in [0.4, 0.5) is 17.6 Å². The molecule has 3 heterocycles. The average molecular weight is 445 g/mol. The highest BCUT2D eigenvalue weighted by molar-refractivity contribution is 9.11. The Labute approximate surface area is 155 Å². The van der Waals surface area contributed by atoms with Crippen molar-refractivity contribution in [2.75, 3.05) is 0 Å². The Morgan fingerprint density at radius 1 is 1.00 bits per heavy atom. The van der Waals surface area contributed by atoms with E-state index in [1.54, 1.807) is 18.2 Å². The molecule has 0 spiro atoms. The summed E-state index contributed by atoms with van der Waals surface area (Å²) in [7, 11) is 0. The number of pyridine rings is 1. The lowest BCUT2D eigenvalue weighted by Crippen LogP contribution is -2.05. The predicted molar refractivity (Wildman–Crippen MR) is 92.9 cm³/mol. The van der Waals surface area contributed by atoms with Crippen LogP contribution in [-0.2, 0) is 0 Å². The van der Waals surface area contributed by atoms with Gasteiger partial charge in [-0.2, -0.15) is 19.0 Å². The van der Waals surface area contributed by atoms with Gasteiger partial charge >= 0.3 is 0 Å². The lowest BCUT2D eigenvalue weighted by Gasteiger charge is -2.04. The molecule has 0 amide bonds. The van der Waals surface area contributed by atoms with Crippen molar-refractivity contribution >= 4 is 50.3 Å². The van der Waals surface area contributed by atoms with Crippen LogP contribution < -0.4 is 0 Å². The normalized spacial score (nSPS) is 11.6. The molecule has 0 aliphatic heterocycles. The molecule has 0 N–H and O–H groups in total. The number of hydrogen-bond donors (Lipinski definition) is 0. The Morgan fingerprint density at radius 2 is 1.60 bits per heavy atom. The van der Waals surface area contributed by atoms with Crippen molar-refractivity contribution in [3.05, 3.63) is 62.0 Å². The van der Waals surface area contributed by atoms with Gasteiger partial charge in [-0.05, 0) is 46.3 Å². The molecule has 0 bridgehead atoms. The van der Waals surface area contributed by atoms with Gasteiger partial charge in [0.25, 0.3) is 11.9 Å². The molecule has 3 aromatic rings. The molecular formula is C16H5BrF4N2S2. The van der Waals surface area contributed by atoms with Crippen molar-refractivity contribution in [3.8, 4) is 15.8 Å². The van der Waals surface area contributed by atoms with Crippen LogP contribution in [0.2, 0.25) is 0 Å². The van der Waals surface area contributed by atoms with Gasteiger partial charge in [0.05, 0.1) is 14.9 Å². The molecule has 0 aromatic carbocycles. The predicted octanol–water partition coefficient (Wildman–Crippen LogP) is 6.25. The van der Waals surface area contributed by atoms with Crippen molar-refractivity contribution in [2.45, 2.75) is 0 Å². The van der Waals surface area contributed by atoms with Gasteiger partial charge in [-0.25, -0.2) is 8.78 Å². The fraction of sp³-hybridized carbons (Fsp3) is 0. The van der Waals surface area contributed by atoms with E-state index in [0.717, 1.165) is 13.5 Å². The molecule has 9 heteroatoms. The van der Waals surface area contributed by atoms with E-state index in [1.807, 2.05) is 12.1 Å². The molecule has 0 fully saturated rings. The minimum absolute atomic E-state index is 0.507. The molecular weight excluding hydrogens is 440 g/mol. The third kappa shape index (κ3) is 3.51. The average Bonchev–Trinajstić information content (AvgIpc) is 3.21. The van der Waals surface area contributed by atoms with Crippen LogP contribution in [0.15, 0.2) is 28.1 Å². The van der Waals surface area contributed by atoms with Gasteiger partial charge in [0.1, 0.15) is 6.07 Å². The molecule has 3 aromatic heterocycles. The number of aromatic nitrogens is 1. The summed E-state index contributed by atoms with van der Waals surface area (Å²) in [6.45, 7) is 0. The van der Waals surface area contributed by atoms with Crippen molar-refractivity contribution in [2.24, 2.45) is 0 Å². The maximum absolute atomic E-state index is 13.8. The van der Waals surface area contributed by atoms with Gasteiger partial charge in [0, 0.05) is 14.6 Å². The van der Waals surface area contributed by atoms with E-state index in [4.69, 9.17) is 0 Å². The smallest absolute Gasteiger partial charge is 0.201 e. The molecule has 126 valence electrons. The minimum atomic E-state index is -1.80. The van der Waals surface area contributed by atoms with Crippen LogP contribution in [0.25, 0.3) is 21.4 Å². The maximum atomic E-state index is 13.8. The molecule has 0 radical (unpaired) electrons. The van der Waals surface area contributed by atoms with Gasteiger partial charge in [-0.1, -0.05) is 0 Å². The molecule has 0 aliphatic rings. The number of nitrogens with zero attached hydrogens (tertiary/aromatic N) is 2. The number of halogens is 5. The number of allylic oxidation sites excluding steroid dienone is 1. The fourth-order valence-corrected chi connectivity index (χ4v) is 4.46. The fourth-order valence-electron chi connectivity index (χ4n) is 2.04. The third-order valence-corrected chi connectivity index (χ3v) is 5.97. The highest BCUT2D eigenvalue weighted by atomic mass is 79.9. The van der Waals surface area contributed by atoms with Crippen molar-refractivity contribution in [1.82, 2.24) is 4.98 Å². The van der Waals surface area contributed by atoms with Gasteiger partial charge in [0.2, 0.25) is 0 Å². The van der Waals surface area contributed by atoms with Crippen molar-refractivity contribution in [1.29, 1.82) is 5.26 Å². The van der Waals surface area contributed by atoms with Crippen LogP contribution in [0.5, 0.6) is 0 Å². The van der Waals surface area contributed by atoms with Gasteiger partial charge < -0.3 is 0 Å². The van der Waals surface area contributed by atoms with Gasteiger partial charge in [0.15, 0.2) is 11.6 Å². The van der Waals surface area contributed by atoms with Gasteiger partial charge in [-0.3, -0.25) is 0 Å².